The first-order valence-electron chi connectivity index (χ1n) is 6.38. The molecule has 0 bridgehead atoms. The van der Waals surface area contributed by atoms with E-state index in [0.717, 1.165) is 16.1 Å². The Kier molecular flexibility index (Phi) is 4.89. The molecule has 0 aliphatic heterocycles. The van der Waals surface area contributed by atoms with Crippen LogP contribution in [0.25, 0.3) is 11.1 Å². The van der Waals surface area contributed by atoms with Gasteiger partial charge in [-0.2, -0.15) is 4.37 Å². The SMILES string of the molecule is CCNC(=O)CCNc1snc(N)c1-c1cccnc1. The van der Waals surface area contributed by atoms with E-state index in [1.165, 1.54) is 11.5 Å². The third-order valence-electron chi connectivity index (χ3n) is 2.68. The number of carbonyl (C=O) groups is 1. The Labute approximate surface area is 121 Å². The summed E-state index contributed by atoms with van der Waals surface area (Å²) in [6.07, 6.45) is 3.87. The molecule has 6 nitrogen and oxygen atoms in total. The first kappa shape index (κ1) is 14.3. The zero-order valence-corrected chi connectivity index (χ0v) is 12.0. The summed E-state index contributed by atoms with van der Waals surface area (Å²) in [5, 5.41) is 6.83. The Morgan fingerprint density at radius 1 is 1.50 bits per heavy atom. The van der Waals surface area contributed by atoms with Crippen LogP contribution in [0.4, 0.5) is 10.8 Å². The van der Waals surface area contributed by atoms with Crippen molar-refractivity contribution < 1.29 is 4.79 Å². The third kappa shape index (κ3) is 3.45. The molecule has 7 heteroatoms. The molecule has 2 rings (SSSR count). The number of amides is 1. The van der Waals surface area contributed by atoms with Crippen LogP contribution < -0.4 is 16.4 Å². The van der Waals surface area contributed by atoms with Gasteiger partial charge in [0.05, 0.1) is 5.56 Å². The molecule has 0 aromatic carbocycles. The number of anilines is 2. The Balaban J connectivity index is 2.05. The maximum atomic E-state index is 11.4. The molecule has 2 heterocycles. The summed E-state index contributed by atoms with van der Waals surface area (Å²) in [6, 6.07) is 3.78. The van der Waals surface area contributed by atoms with Crippen LogP contribution in [0, 0.1) is 0 Å². The van der Waals surface area contributed by atoms with Crippen LogP contribution in [0.1, 0.15) is 13.3 Å². The lowest BCUT2D eigenvalue weighted by Crippen LogP contribution is -2.24. The molecule has 0 fully saturated rings. The molecule has 0 saturated heterocycles. The molecule has 2 aromatic rings. The standard InChI is InChI=1S/C13H17N5OS/c1-2-16-10(19)5-7-17-13-11(12(14)18-20-13)9-4-3-6-15-8-9/h3-4,6,8,17H,2,5,7H2,1H3,(H2,14,18)(H,16,19). The van der Waals surface area contributed by atoms with Gasteiger partial charge >= 0.3 is 0 Å². The van der Waals surface area contributed by atoms with E-state index in [9.17, 15) is 4.79 Å². The minimum atomic E-state index is 0.0282. The van der Waals surface area contributed by atoms with Crippen LogP contribution in [-0.2, 0) is 4.79 Å². The number of nitrogens with two attached hydrogens (primary N) is 1. The van der Waals surface area contributed by atoms with Crippen molar-refractivity contribution in [3.05, 3.63) is 24.5 Å². The molecule has 0 radical (unpaired) electrons. The monoisotopic (exact) mass is 291 g/mol. The van der Waals surface area contributed by atoms with E-state index in [1.807, 2.05) is 19.1 Å². The van der Waals surface area contributed by atoms with E-state index in [4.69, 9.17) is 5.73 Å². The summed E-state index contributed by atoms with van der Waals surface area (Å²) in [6.45, 7) is 3.09. The number of carbonyl (C=O) groups excluding carboxylic acids is 1. The maximum absolute atomic E-state index is 11.4. The summed E-state index contributed by atoms with van der Waals surface area (Å²) in [5.41, 5.74) is 7.67. The Bertz CT molecular complexity index is 569. The highest BCUT2D eigenvalue weighted by atomic mass is 32.1. The van der Waals surface area contributed by atoms with Gasteiger partial charge in [-0.15, -0.1) is 0 Å². The lowest BCUT2D eigenvalue weighted by molar-refractivity contribution is -0.120. The molecule has 20 heavy (non-hydrogen) atoms. The molecule has 4 N–H and O–H groups in total. The van der Waals surface area contributed by atoms with Crippen molar-refractivity contribution in [2.75, 3.05) is 24.1 Å². The van der Waals surface area contributed by atoms with E-state index in [2.05, 4.69) is 20.0 Å². The molecule has 1 amide bonds. The van der Waals surface area contributed by atoms with E-state index in [0.29, 0.717) is 25.3 Å². The van der Waals surface area contributed by atoms with Crippen molar-refractivity contribution in [1.82, 2.24) is 14.7 Å². The fraction of sp³-hybridized carbons (Fsp3) is 0.308. The van der Waals surface area contributed by atoms with Gasteiger partial charge in [0.1, 0.15) is 10.8 Å². The molecule has 0 spiro atoms. The predicted molar refractivity (Wildman–Crippen MR) is 81.5 cm³/mol. The Hall–Kier alpha value is -2.15. The highest BCUT2D eigenvalue weighted by Crippen LogP contribution is 2.36. The molecule has 0 saturated carbocycles. The predicted octanol–water partition coefficient (Wildman–Crippen LogP) is 1.73. The Morgan fingerprint density at radius 3 is 3.05 bits per heavy atom. The first-order chi connectivity index (χ1) is 9.72. The van der Waals surface area contributed by atoms with Gasteiger partial charge in [0.15, 0.2) is 0 Å². The van der Waals surface area contributed by atoms with Gasteiger partial charge in [-0.3, -0.25) is 9.78 Å². The molecular formula is C13H17N5OS. The van der Waals surface area contributed by atoms with Crippen molar-refractivity contribution in [3.63, 3.8) is 0 Å². The summed E-state index contributed by atoms with van der Waals surface area (Å²) >= 11 is 1.29. The minimum absolute atomic E-state index is 0.0282. The number of nitrogens with one attached hydrogen (secondary N) is 2. The molecule has 106 valence electrons. The van der Waals surface area contributed by atoms with Gasteiger partial charge < -0.3 is 16.4 Å². The van der Waals surface area contributed by atoms with E-state index < -0.39 is 0 Å². The van der Waals surface area contributed by atoms with Crippen molar-refractivity contribution in [2.24, 2.45) is 0 Å². The number of pyridine rings is 1. The summed E-state index contributed by atoms with van der Waals surface area (Å²) in [4.78, 5) is 15.5. The van der Waals surface area contributed by atoms with E-state index in [1.54, 1.807) is 12.4 Å². The fourth-order valence-electron chi connectivity index (χ4n) is 1.79. The van der Waals surface area contributed by atoms with Gasteiger partial charge in [-0.25, -0.2) is 0 Å². The number of hydrogen-bond donors (Lipinski definition) is 3. The van der Waals surface area contributed by atoms with Crippen LogP contribution in [0.15, 0.2) is 24.5 Å². The van der Waals surface area contributed by atoms with Gasteiger partial charge in [-0.1, -0.05) is 6.07 Å². The summed E-state index contributed by atoms with van der Waals surface area (Å²) in [7, 11) is 0. The topological polar surface area (TPSA) is 92.9 Å². The number of nitrogens with zero attached hydrogens (tertiary/aromatic N) is 2. The van der Waals surface area contributed by atoms with Crippen molar-refractivity contribution in [3.8, 4) is 11.1 Å². The Morgan fingerprint density at radius 2 is 2.35 bits per heavy atom. The highest BCUT2D eigenvalue weighted by molar-refractivity contribution is 7.11. The summed E-state index contributed by atoms with van der Waals surface area (Å²) < 4.78 is 4.16. The molecule has 2 aromatic heterocycles. The second kappa shape index (κ2) is 6.85. The van der Waals surface area contributed by atoms with Crippen LogP contribution in [-0.4, -0.2) is 28.4 Å². The van der Waals surface area contributed by atoms with Crippen LogP contribution in [0.2, 0.25) is 0 Å². The number of nitrogen functional groups attached to an aromatic ring is 1. The quantitative estimate of drug-likeness (QED) is 0.753. The minimum Gasteiger partial charge on any atom is -0.382 e. The van der Waals surface area contributed by atoms with Gasteiger partial charge in [0, 0.05) is 37.5 Å². The lowest BCUT2D eigenvalue weighted by atomic mass is 10.1. The fourth-order valence-corrected chi connectivity index (χ4v) is 2.55. The average molecular weight is 291 g/mol. The second-order valence-electron chi connectivity index (χ2n) is 4.14. The third-order valence-corrected chi connectivity index (χ3v) is 3.50. The van der Waals surface area contributed by atoms with Gasteiger partial charge in [-0.05, 0) is 24.5 Å². The van der Waals surface area contributed by atoms with Gasteiger partial charge in [0.2, 0.25) is 5.91 Å². The van der Waals surface area contributed by atoms with Gasteiger partial charge in [0.25, 0.3) is 0 Å². The normalized spacial score (nSPS) is 10.2. The highest BCUT2D eigenvalue weighted by Gasteiger charge is 2.13. The van der Waals surface area contributed by atoms with Crippen LogP contribution in [0.5, 0.6) is 0 Å². The number of aromatic nitrogens is 2. The van der Waals surface area contributed by atoms with E-state index >= 15 is 0 Å². The molecular weight excluding hydrogens is 274 g/mol. The smallest absolute Gasteiger partial charge is 0.221 e. The average Bonchev–Trinajstić information content (AvgIpc) is 2.81. The largest absolute Gasteiger partial charge is 0.382 e. The summed E-state index contributed by atoms with van der Waals surface area (Å²) in [5.74, 6) is 0.504. The van der Waals surface area contributed by atoms with Crippen molar-refractivity contribution >= 4 is 28.3 Å². The second-order valence-corrected chi connectivity index (χ2v) is 4.92. The molecule has 0 unspecified atom stereocenters. The first-order valence-corrected chi connectivity index (χ1v) is 7.15. The van der Waals surface area contributed by atoms with Crippen molar-refractivity contribution in [2.45, 2.75) is 13.3 Å². The number of hydrogen-bond acceptors (Lipinski definition) is 6. The lowest BCUT2D eigenvalue weighted by Gasteiger charge is -2.07. The molecule has 0 aliphatic rings. The van der Waals surface area contributed by atoms with E-state index in [-0.39, 0.29) is 5.91 Å². The zero-order valence-electron chi connectivity index (χ0n) is 11.2. The van der Waals surface area contributed by atoms with Crippen LogP contribution >= 0.6 is 11.5 Å². The van der Waals surface area contributed by atoms with Crippen LogP contribution in [0.3, 0.4) is 0 Å². The molecule has 0 aliphatic carbocycles. The molecule has 0 atom stereocenters. The zero-order chi connectivity index (χ0) is 14.4. The number of rotatable bonds is 6. The maximum Gasteiger partial charge on any atom is 0.221 e. The van der Waals surface area contributed by atoms with Crippen molar-refractivity contribution in [1.29, 1.82) is 0 Å².